The normalized spacial score (nSPS) is 10.6. The Morgan fingerprint density at radius 2 is 1.95 bits per heavy atom. The standard InChI is InChI=1S/C14H22N6O/c1-4-15-11-8-12(19-13(18-11)10-21-5-2)17-9-14-16-6-7-20(14)3/h6-8H,4-5,9-10H2,1-3H3,(H2,15,17,18,19). The smallest absolute Gasteiger partial charge is 0.158 e. The summed E-state index contributed by atoms with van der Waals surface area (Å²) >= 11 is 0. The Kier molecular flexibility index (Phi) is 5.51. The van der Waals surface area contributed by atoms with Crippen molar-refractivity contribution in [1.82, 2.24) is 19.5 Å². The molecule has 2 aromatic heterocycles. The van der Waals surface area contributed by atoms with E-state index in [2.05, 4.69) is 25.6 Å². The number of ether oxygens (including phenoxy) is 1. The van der Waals surface area contributed by atoms with Gasteiger partial charge in [-0.05, 0) is 13.8 Å². The first-order valence-electron chi connectivity index (χ1n) is 7.12. The third-order valence-electron chi connectivity index (χ3n) is 2.91. The molecule has 2 rings (SSSR count). The van der Waals surface area contributed by atoms with Crippen molar-refractivity contribution in [3.05, 3.63) is 30.1 Å². The average Bonchev–Trinajstić information content (AvgIpc) is 2.88. The number of nitrogens with zero attached hydrogens (tertiary/aromatic N) is 4. The van der Waals surface area contributed by atoms with Gasteiger partial charge in [0.25, 0.3) is 0 Å². The first-order valence-corrected chi connectivity index (χ1v) is 7.12. The Morgan fingerprint density at radius 3 is 2.57 bits per heavy atom. The van der Waals surface area contributed by atoms with E-state index < -0.39 is 0 Å². The maximum Gasteiger partial charge on any atom is 0.158 e. The largest absolute Gasteiger partial charge is 0.374 e. The van der Waals surface area contributed by atoms with Gasteiger partial charge in [-0.3, -0.25) is 0 Å². The highest BCUT2D eigenvalue weighted by atomic mass is 16.5. The fourth-order valence-corrected chi connectivity index (χ4v) is 1.85. The van der Waals surface area contributed by atoms with E-state index in [9.17, 15) is 0 Å². The zero-order chi connectivity index (χ0) is 15.1. The maximum atomic E-state index is 5.38. The molecule has 114 valence electrons. The van der Waals surface area contributed by atoms with E-state index in [-0.39, 0.29) is 0 Å². The molecule has 0 bridgehead atoms. The summed E-state index contributed by atoms with van der Waals surface area (Å²) in [5.74, 6) is 3.17. The van der Waals surface area contributed by atoms with Gasteiger partial charge in [0.15, 0.2) is 5.82 Å². The molecular weight excluding hydrogens is 268 g/mol. The lowest BCUT2D eigenvalue weighted by Crippen LogP contribution is -2.11. The van der Waals surface area contributed by atoms with Crippen LogP contribution in [0.2, 0.25) is 0 Å². The summed E-state index contributed by atoms with van der Waals surface area (Å²) in [4.78, 5) is 13.2. The second-order valence-corrected chi connectivity index (χ2v) is 4.53. The van der Waals surface area contributed by atoms with Crippen LogP contribution in [0.25, 0.3) is 0 Å². The molecule has 2 heterocycles. The number of nitrogens with one attached hydrogen (secondary N) is 2. The molecular formula is C14H22N6O. The number of hydrogen-bond acceptors (Lipinski definition) is 6. The second kappa shape index (κ2) is 7.58. The Labute approximate surface area is 124 Å². The quantitative estimate of drug-likeness (QED) is 0.772. The molecule has 7 nitrogen and oxygen atoms in total. The van der Waals surface area contributed by atoms with Crippen LogP contribution in [0.3, 0.4) is 0 Å². The number of hydrogen-bond donors (Lipinski definition) is 2. The van der Waals surface area contributed by atoms with Crippen molar-refractivity contribution in [3.8, 4) is 0 Å². The summed E-state index contributed by atoms with van der Waals surface area (Å²) in [5, 5.41) is 6.48. The van der Waals surface area contributed by atoms with E-state index in [1.807, 2.05) is 37.7 Å². The summed E-state index contributed by atoms with van der Waals surface area (Å²) in [7, 11) is 1.97. The van der Waals surface area contributed by atoms with Gasteiger partial charge in [-0.2, -0.15) is 0 Å². The summed E-state index contributed by atoms with van der Waals surface area (Å²) in [6.07, 6.45) is 3.70. The van der Waals surface area contributed by atoms with Crippen molar-refractivity contribution >= 4 is 11.6 Å². The van der Waals surface area contributed by atoms with Gasteiger partial charge in [-0.15, -0.1) is 0 Å². The Balaban J connectivity index is 2.09. The van der Waals surface area contributed by atoms with Crippen molar-refractivity contribution in [2.45, 2.75) is 27.0 Å². The first kappa shape index (κ1) is 15.2. The van der Waals surface area contributed by atoms with Crippen molar-refractivity contribution in [1.29, 1.82) is 0 Å². The van der Waals surface area contributed by atoms with Crippen LogP contribution >= 0.6 is 0 Å². The molecule has 2 N–H and O–H groups in total. The van der Waals surface area contributed by atoms with Crippen LogP contribution in [0, 0.1) is 0 Å². The second-order valence-electron chi connectivity index (χ2n) is 4.53. The van der Waals surface area contributed by atoms with Gasteiger partial charge >= 0.3 is 0 Å². The van der Waals surface area contributed by atoms with Gasteiger partial charge in [0.1, 0.15) is 24.1 Å². The van der Waals surface area contributed by atoms with Crippen LogP contribution in [0.5, 0.6) is 0 Å². The average molecular weight is 290 g/mol. The highest BCUT2D eigenvalue weighted by molar-refractivity contribution is 5.47. The minimum absolute atomic E-state index is 0.410. The zero-order valence-electron chi connectivity index (χ0n) is 12.8. The van der Waals surface area contributed by atoms with Crippen molar-refractivity contribution < 1.29 is 4.74 Å². The van der Waals surface area contributed by atoms with Crippen molar-refractivity contribution in [2.75, 3.05) is 23.8 Å². The van der Waals surface area contributed by atoms with Crippen LogP contribution in [-0.2, 0) is 24.9 Å². The monoisotopic (exact) mass is 290 g/mol. The van der Waals surface area contributed by atoms with Crippen LogP contribution in [-0.4, -0.2) is 32.7 Å². The third-order valence-corrected chi connectivity index (χ3v) is 2.91. The number of imidazole rings is 1. The molecule has 0 fully saturated rings. The molecule has 0 aliphatic carbocycles. The minimum Gasteiger partial charge on any atom is -0.374 e. The molecule has 0 saturated carbocycles. The molecule has 0 saturated heterocycles. The summed E-state index contributed by atoms with van der Waals surface area (Å²) in [6.45, 7) is 6.46. The summed E-state index contributed by atoms with van der Waals surface area (Å²) in [5.41, 5.74) is 0. The lowest BCUT2D eigenvalue weighted by molar-refractivity contribution is 0.128. The molecule has 7 heteroatoms. The van der Waals surface area contributed by atoms with E-state index >= 15 is 0 Å². The van der Waals surface area contributed by atoms with E-state index in [1.54, 1.807) is 6.20 Å². The lowest BCUT2D eigenvalue weighted by atomic mass is 10.4. The van der Waals surface area contributed by atoms with Gasteiger partial charge < -0.3 is 19.9 Å². The third kappa shape index (κ3) is 4.42. The van der Waals surface area contributed by atoms with Crippen LogP contribution < -0.4 is 10.6 Å². The highest BCUT2D eigenvalue weighted by Crippen LogP contribution is 2.13. The molecule has 2 aromatic rings. The van der Waals surface area contributed by atoms with E-state index in [0.717, 1.165) is 24.0 Å². The lowest BCUT2D eigenvalue weighted by Gasteiger charge is -2.10. The maximum absolute atomic E-state index is 5.38. The predicted octanol–water partition coefficient (Wildman–Crippen LogP) is 1.79. The minimum atomic E-state index is 0.410. The fourth-order valence-electron chi connectivity index (χ4n) is 1.85. The molecule has 0 radical (unpaired) electrons. The molecule has 0 aromatic carbocycles. The number of aryl methyl sites for hydroxylation is 1. The summed E-state index contributed by atoms with van der Waals surface area (Å²) < 4.78 is 7.35. The van der Waals surface area contributed by atoms with E-state index in [0.29, 0.717) is 25.6 Å². The van der Waals surface area contributed by atoms with Gasteiger partial charge in [0.2, 0.25) is 0 Å². The Hall–Kier alpha value is -2.15. The molecule has 21 heavy (non-hydrogen) atoms. The molecule has 0 amide bonds. The molecule has 0 atom stereocenters. The SMILES string of the molecule is CCNc1cc(NCc2nccn2C)nc(COCC)n1. The van der Waals surface area contributed by atoms with Gasteiger partial charge in [-0.1, -0.05) is 0 Å². The van der Waals surface area contributed by atoms with Crippen LogP contribution in [0.4, 0.5) is 11.6 Å². The van der Waals surface area contributed by atoms with Gasteiger partial charge in [-0.25, -0.2) is 15.0 Å². The summed E-state index contributed by atoms with van der Waals surface area (Å²) in [6, 6.07) is 1.89. The van der Waals surface area contributed by atoms with Crippen molar-refractivity contribution in [3.63, 3.8) is 0 Å². The van der Waals surface area contributed by atoms with Gasteiger partial charge in [0, 0.05) is 38.7 Å². The molecule has 0 aliphatic heterocycles. The zero-order valence-corrected chi connectivity index (χ0v) is 12.8. The van der Waals surface area contributed by atoms with Crippen LogP contribution in [0.1, 0.15) is 25.5 Å². The predicted molar refractivity (Wildman–Crippen MR) is 82.1 cm³/mol. The number of aromatic nitrogens is 4. The first-order chi connectivity index (χ1) is 10.2. The van der Waals surface area contributed by atoms with Crippen molar-refractivity contribution in [2.24, 2.45) is 7.05 Å². The molecule has 0 unspecified atom stereocenters. The Bertz CT molecular complexity index is 568. The van der Waals surface area contributed by atoms with Crippen LogP contribution in [0.15, 0.2) is 18.5 Å². The Morgan fingerprint density at radius 1 is 1.19 bits per heavy atom. The molecule has 0 spiro atoms. The van der Waals surface area contributed by atoms with E-state index in [4.69, 9.17) is 4.74 Å². The topological polar surface area (TPSA) is 76.9 Å². The highest BCUT2D eigenvalue weighted by Gasteiger charge is 2.06. The van der Waals surface area contributed by atoms with Gasteiger partial charge in [0.05, 0.1) is 6.54 Å². The van der Waals surface area contributed by atoms with E-state index in [1.165, 1.54) is 0 Å². The number of rotatable bonds is 8. The molecule has 0 aliphatic rings. The number of anilines is 2. The fraction of sp³-hybridized carbons (Fsp3) is 0.500.